The van der Waals surface area contributed by atoms with Gasteiger partial charge in [0.05, 0.1) is 0 Å². The third-order valence-electron chi connectivity index (χ3n) is 3.02. The highest BCUT2D eigenvalue weighted by molar-refractivity contribution is 6.00. The van der Waals surface area contributed by atoms with Crippen LogP contribution in [0.4, 0.5) is 4.39 Å². The normalized spacial score (nSPS) is 11.0. The molecule has 0 heterocycles. The second kappa shape index (κ2) is 6.49. The van der Waals surface area contributed by atoms with E-state index < -0.39 is 5.91 Å². The Morgan fingerprint density at radius 1 is 1.24 bits per heavy atom. The first kappa shape index (κ1) is 14.5. The zero-order valence-corrected chi connectivity index (χ0v) is 11.2. The largest absolute Gasteiger partial charge is 0.365 e. The average molecular weight is 280 g/mol. The van der Waals surface area contributed by atoms with Crippen molar-refractivity contribution in [1.82, 2.24) is 0 Å². The maximum absolute atomic E-state index is 13.2. The number of nitrogens with zero attached hydrogens (tertiary/aromatic N) is 1. The first-order valence-electron chi connectivity index (χ1n) is 6.34. The van der Waals surface area contributed by atoms with E-state index in [1.54, 1.807) is 24.3 Å². The molecule has 0 atom stereocenters. The summed E-state index contributed by atoms with van der Waals surface area (Å²) >= 11 is 0. The van der Waals surface area contributed by atoms with Crippen molar-refractivity contribution in [3.05, 3.63) is 76.6 Å². The molecule has 104 valence electrons. The summed E-state index contributed by atoms with van der Waals surface area (Å²) in [6.07, 6.45) is 1.96. The van der Waals surface area contributed by atoms with Crippen LogP contribution in [0.15, 0.2) is 54.1 Å². The minimum Gasteiger partial charge on any atom is -0.365 e. The lowest BCUT2D eigenvalue weighted by Gasteiger charge is -2.07. The predicted octanol–water partition coefficient (Wildman–Crippen LogP) is 2.81. The van der Waals surface area contributed by atoms with Gasteiger partial charge in [-0.05, 0) is 41.3 Å². The highest BCUT2D eigenvalue weighted by Gasteiger charge is 2.07. The van der Waals surface area contributed by atoms with Gasteiger partial charge in [0.1, 0.15) is 17.5 Å². The molecule has 2 N–H and O–H groups in total. The zero-order chi connectivity index (χ0) is 15.2. The van der Waals surface area contributed by atoms with E-state index in [0.717, 1.165) is 16.7 Å². The Labute approximate surface area is 122 Å². The van der Waals surface area contributed by atoms with E-state index in [-0.39, 0.29) is 11.4 Å². The van der Waals surface area contributed by atoms with Crippen molar-refractivity contribution in [3.63, 3.8) is 0 Å². The van der Waals surface area contributed by atoms with Gasteiger partial charge in [0, 0.05) is 0 Å². The summed E-state index contributed by atoms with van der Waals surface area (Å²) in [5.41, 5.74) is 7.45. The summed E-state index contributed by atoms with van der Waals surface area (Å²) < 4.78 is 13.2. The van der Waals surface area contributed by atoms with Gasteiger partial charge in [-0.15, -0.1) is 0 Å². The van der Waals surface area contributed by atoms with E-state index in [4.69, 9.17) is 11.0 Å². The number of benzene rings is 2. The fourth-order valence-electron chi connectivity index (χ4n) is 2.02. The van der Waals surface area contributed by atoms with Crippen molar-refractivity contribution >= 4 is 12.0 Å². The molecular weight excluding hydrogens is 267 g/mol. The number of carbonyl (C=O) groups excluding carboxylic acids is 1. The maximum Gasteiger partial charge on any atom is 0.259 e. The minimum atomic E-state index is -0.766. The molecule has 3 nitrogen and oxygen atoms in total. The van der Waals surface area contributed by atoms with Gasteiger partial charge in [0.25, 0.3) is 5.91 Å². The third-order valence-corrected chi connectivity index (χ3v) is 3.02. The van der Waals surface area contributed by atoms with Crippen LogP contribution >= 0.6 is 0 Å². The van der Waals surface area contributed by atoms with Gasteiger partial charge in [-0.1, -0.05) is 36.4 Å². The predicted molar refractivity (Wildman–Crippen MR) is 78.4 cm³/mol. The van der Waals surface area contributed by atoms with Crippen LogP contribution in [-0.4, -0.2) is 5.91 Å². The quantitative estimate of drug-likeness (QED) is 0.691. The van der Waals surface area contributed by atoms with Crippen molar-refractivity contribution in [2.24, 2.45) is 5.73 Å². The van der Waals surface area contributed by atoms with Crippen molar-refractivity contribution in [1.29, 1.82) is 5.26 Å². The molecule has 0 aliphatic heterocycles. The molecular formula is C17H13FN2O. The molecule has 0 fully saturated rings. The fourth-order valence-corrected chi connectivity index (χ4v) is 2.02. The summed E-state index contributed by atoms with van der Waals surface area (Å²) in [6.45, 7) is 0. The summed E-state index contributed by atoms with van der Waals surface area (Å²) in [4.78, 5) is 11.1. The monoisotopic (exact) mass is 280 g/mol. The first-order valence-corrected chi connectivity index (χ1v) is 6.34. The summed E-state index contributed by atoms with van der Waals surface area (Å²) in [5, 5.41) is 8.91. The summed E-state index contributed by atoms with van der Waals surface area (Å²) in [5.74, 6) is -1.06. The molecule has 0 radical (unpaired) electrons. The maximum atomic E-state index is 13.2. The van der Waals surface area contributed by atoms with Crippen molar-refractivity contribution in [3.8, 4) is 6.07 Å². The van der Waals surface area contributed by atoms with E-state index in [0.29, 0.717) is 6.42 Å². The molecule has 2 rings (SSSR count). The van der Waals surface area contributed by atoms with Crippen LogP contribution < -0.4 is 5.73 Å². The SMILES string of the molecule is N#C/C(=C\c1ccccc1Cc1cccc(F)c1)C(N)=O. The molecule has 0 aliphatic rings. The van der Waals surface area contributed by atoms with Crippen LogP contribution in [0.2, 0.25) is 0 Å². The average Bonchev–Trinajstić information content (AvgIpc) is 2.46. The van der Waals surface area contributed by atoms with Crippen molar-refractivity contribution in [2.75, 3.05) is 0 Å². The Bertz CT molecular complexity index is 744. The van der Waals surface area contributed by atoms with Crippen LogP contribution in [0.25, 0.3) is 6.08 Å². The Morgan fingerprint density at radius 3 is 2.67 bits per heavy atom. The number of primary amides is 1. The van der Waals surface area contributed by atoms with E-state index in [9.17, 15) is 9.18 Å². The smallest absolute Gasteiger partial charge is 0.259 e. The lowest BCUT2D eigenvalue weighted by molar-refractivity contribution is -0.114. The number of carbonyl (C=O) groups is 1. The molecule has 1 amide bonds. The molecule has 0 bridgehead atoms. The van der Waals surface area contributed by atoms with Gasteiger partial charge >= 0.3 is 0 Å². The standard InChI is InChI=1S/C17H13FN2O/c18-16-7-3-4-12(9-16)8-13-5-1-2-6-14(13)10-15(11-19)17(20)21/h1-7,9-10H,8H2,(H2,20,21)/b15-10+. The van der Waals surface area contributed by atoms with E-state index in [1.807, 2.05) is 18.2 Å². The zero-order valence-electron chi connectivity index (χ0n) is 11.2. The van der Waals surface area contributed by atoms with Crippen LogP contribution in [0.3, 0.4) is 0 Å². The number of hydrogen-bond donors (Lipinski definition) is 1. The molecule has 21 heavy (non-hydrogen) atoms. The van der Waals surface area contributed by atoms with Gasteiger partial charge in [-0.2, -0.15) is 5.26 Å². The van der Waals surface area contributed by atoms with E-state index >= 15 is 0 Å². The lowest BCUT2D eigenvalue weighted by atomic mass is 9.98. The molecule has 0 aromatic heterocycles. The van der Waals surface area contributed by atoms with Crippen LogP contribution in [-0.2, 0) is 11.2 Å². The number of halogens is 1. The highest BCUT2D eigenvalue weighted by Crippen LogP contribution is 2.18. The number of nitriles is 1. The number of hydrogen-bond acceptors (Lipinski definition) is 2. The Balaban J connectivity index is 2.38. The number of rotatable bonds is 4. The van der Waals surface area contributed by atoms with E-state index in [2.05, 4.69) is 0 Å². The van der Waals surface area contributed by atoms with Crippen molar-refractivity contribution in [2.45, 2.75) is 6.42 Å². The molecule has 0 saturated carbocycles. The number of amides is 1. The second-order valence-electron chi connectivity index (χ2n) is 4.54. The van der Waals surface area contributed by atoms with Gasteiger partial charge in [0.15, 0.2) is 0 Å². The second-order valence-corrected chi connectivity index (χ2v) is 4.54. The fraction of sp³-hybridized carbons (Fsp3) is 0.0588. The topological polar surface area (TPSA) is 66.9 Å². The molecule has 4 heteroatoms. The summed E-state index contributed by atoms with van der Waals surface area (Å²) in [6, 6.07) is 15.4. The molecule has 2 aromatic carbocycles. The highest BCUT2D eigenvalue weighted by atomic mass is 19.1. The van der Waals surface area contributed by atoms with Crippen LogP contribution in [0.1, 0.15) is 16.7 Å². The van der Waals surface area contributed by atoms with E-state index in [1.165, 1.54) is 18.2 Å². The number of nitrogens with two attached hydrogens (primary N) is 1. The molecule has 2 aromatic rings. The minimum absolute atomic E-state index is 0.110. The molecule has 0 unspecified atom stereocenters. The van der Waals surface area contributed by atoms with Crippen LogP contribution in [0.5, 0.6) is 0 Å². The first-order chi connectivity index (χ1) is 10.1. The molecule has 0 aliphatic carbocycles. The molecule has 0 spiro atoms. The van der Waals surface area contributed by atoms with Crippen LogP contribution in [0, 0.1) is 17.1 Å². The summed E-state index contributed by atoms with van der Waals surface area (Å²) in [7, 11) is 0. The Kier molecular flexibility index (Phi) is 4.47. The molecule has 0 saturated heterocycles. The third kappa shape index (κ3) is 3.77. The van der Waals surface area contributed by atoms with Gasteiger partial charge in [0.2, 0.25) is 0 Å². The van der Waals surface area contributed by atoms with Gasteiger partial charge in [-0.25, -0.2) is 4.39 Å². The lowest BCUT2D eigenvalue weighted by Crippen LogP contribution is -2.12. The Hall–Kier alpha value is -2.93. The Morgan fingerprint density at radius 2 is 2.00 bits per heavy atom. The van der Waals surface area contributed by atoms with Gasteiger partial charge < -0.3 is 5.73 Å². The van der Waals surface area contributed by atoms with Gasteiger partial charge in [-0.3, -0.25) is 4.79 Å². The van der Waals surface area contributed by atoms with Crippen molar-refractivity contribution < 1.29 is 9.18 Å².